The fourth-order valence-corrected chi connectivity index (χ4v) is 5.84. The molecule has 2 atom stereocenters. The lowest BCUT2D eigenvalue weighted by molar-refractivity contribution is 0.0967. The van der Waals surface area contributed by atoms with Gasteiger partial charge in [-0.25, -0.2) is 27.6 Å². The molecule has 5 rings (SSSR count). The molecule has 172 valence electrons. The van der Waals surface area contributed by atoms with E-state index < -0.39 is 22.0 Å². The summed E-state index contributed by atoms with van der Waals surface area (Å²) in [6, 6.07) is 0. The van der Waals surface area contributed by atoms with Gasteiger partial charge in [0.05, 0.1) is 13.2 Å². The second kappa shape index (κ2) is 6.98. The smallest absolute Gasteiger partial charge is 0.277 e. The largest absolute Gasteiger partial charge is 0.476 e. The topological polar surface area (TPSA) is 123 Å². The van der Waals surface area contributed by atoms with Gasteiger partial charge in [0.1, 0.15) is 21.9 Å². The van der Waals surface area contributed by atoms with E-state index in [0.717, 1.165) is 6.42 Å². The minimum Gasteiger partial charge on any atom is -0.476 e. The molecule has 1 unspecified atom stereocenters. The number of ether oxygens (including phenoxy) is 1. The van der Waals surface area contributed by atoms with Crippen LogP contribution in [0, 0.1) is 16.0 Å². The second-order valence-corrected chi connectivity index (χ2v) is 11.2. The summed E-state index contributed by atoms with van der Waals surface area (Å²) >= 11 is 0. The van der Waals surface area contributed by atoms with Gasteiger partial charge >= 0.3 is 0 Å². The zero-order valence-electron chi connectivity index (χ0n) is 17.9. The van der Waals surface area contributed by atoms with Crippen LogP contribution in [-0.2, 0) is 42.1 Å². The van der Waals surface area contributed by atoms with Crippen LogP contribution in [0.15, 0.2) is 4.90 Å². The summed E-state index contributed by atoms with van der Waals surface area (Å²) in [5.41, 5.74) is 1.83. The first-order chi connectivity index (χ1) is 15.0. The molecule has 2 aromatic rings. The second-order valence-electron chi connectivity index (χ2n) is 9.61. The Labute approximate surface area is 184 Å². The summed E-state index contributed by atoms with van der Waals surface area (Å²) in [6.45, 7) is 4.59. The third kappa shape index (κ3) is 3.29. The van der Waals surface area contributed by atoms with E-state index in [1.54, 1.807) is 0 Å². The molecule has 4 N–H and O–H groups in total. The highest BCUT2D eigenvalue weighted by molar-refractivity contribution is 7.90. The van der Waals surface area contributed by atoms with Crippen LogP contribution in [0.1, 0.15) is 53.0 Å². The molecule has 0 spiro atoms. The number of alkyl halides is 1. The first-order valence-corrected chi connectivity index (χ1v) is 12.2. The van der Waals surface area contributed by atoms with E-state index in [-0.39, 0.29) is 40.5 Å². The molecular weight excluding hydrogens is 440 g/mol. The molecule has 0 radical (unpaired) electrons. The molecule has 32 heavy (non-hydrogen) atoms. The quantitative estimate of drug-likeness (QED) is 0.645. The van der Waals surface area contributed by atoms with Crippen molar-refractivity contribution in [3.63, 3.8) is 0 Å². The molecule has 11 heteroatoms. The average molecular weight is 466 g/mol. The summed E-state index contributed by atoms with van der Waals surface area (Å²) in [5.74, 6) is -1.04. The van der Waals surface area contributed by atoms with Crippen LogP contribution in [0.5, 0.6) is 5.88 Å². The highest BCUT2D eigenvalue weighted by Gasteiger charge is 2.38. The number of nitrogens with two attached hydrogens (primary N) is 1. The SMILES string of the molecule is CC1(C)COc2c(S(=N)(N)=O)c(C(=O)Nc3c4c(c(F)c5c3C[C@H](F)C5)CCC4)nn2C1. The Kier molecular flexibility index (Phi) is 4.65. The molecule has 1 aliphatic heterocycles. The van der Waals surface area contributed by atoms with E-state index in [4.69, 9.17) is 14.7 Å². The highest BCUT2D eigenvalue weighted by atomic mass is 32.2. The molecule has 0 fully saturated rings. The number of aromatic nitrogens is 2. The van der Waals surface area contributed by atoms with Crippen molar-refractivity contribution in [2.24, 2.45) is 10.6 Å². The van der Waals surface area contributed by atoms with Crippen molar-refractivity contribution in [1.82, 2.24) is 9.78 Å². The van der Waals surface area contributed by atoms with E-state index in [9.17, 15) is 17.8 Å². The van der Waals surface area contributed by atoms with Crippen LogP contribution in [0.4, 0.5) is 14.5 Å². The van der Waals surface area contributed by atoms with Gasteiger partial charge in [0.25, 0.3) is 5.91 Å². The maximum Gasteiger partial charge on any atom is 0.277 e. The number of hydrogen-bond donors (Lipinski definition) is 3. The van der Waals surface area contributed by atoms with Gasteiger partial charge in [0.15, 0.2) is 10.6 Å². The maximum atomic E-state index is 14.9. The van der Waals surface area contributed by atoms with E-state index in [1.165, 1.54) is 4.68 Å². The van der Waals surface area contributed by atoms with Crippen LogP contribution in [-0.4, -0.2) is 32.7 Å². The van der Waals surface area contributed by atoms with Gasteiger partial charge in [-0.2, -0.15) is 5.10 Å². The van der Waals surface area contributed by atoms with Crippen molar-refractivity contribution in [2.75, 3.05) is 11.9 Å². The molecule has 0 saturated carbocycles. The number of amides is 1. The Morgan fingerprint density at radius 2 is 1.97 bits per heavy atom. The van der Waals surface area contributed by atoms with Crippen molar-refractivity contribution in [2.45, 2.75) is 63.6 Å². The van der Waals surface area contributed by atoms with Gasteiger partial charge in [0, 0.05) is 23.9 Å². The van der Waals surface area contributed by atoms with Gasteiger partial charge in [-0.05, 0) is 41.5 Å². The molecule has 2 aliphatic carbocycles. The summed E-state index contributed by atoms with van der Waals surface area (Å²) < 4.78 is 56.7. The highest BCUT2D eigenvalue weighted by Crippen LogP contribution is 2.42. The molecule has 0 saturated heterocycles. The third-order valence-electron chi connectivity index (χ3n) is 6.37. The number of carbonyl (C=O) groups excluding carboxylic acids is 1. The van der Waals surface area contributed by atoms with Crippen molar-refractivity contribution < 1.29 is 22.5 Å². The predicted octanol–water partition coefficient (Wildman–Crippen LogP) is 2.90. The number of benzene rings is 1. The van der Waals surface area contributed by atoms with E-state index >= 15 is 0 Å². The Morgan fingerprint density at radius 3 is 2.69 bits per heavy atom. The van der Waals surface area contributed by atoms with Crippen LogP contribution in [0.3, 0.4) is 0 Å². The molecule has 1 aromatic heterocycles. The zero-order valence-corrected chi connectivity index (χ0v) is 18.7. The standard InChI is InChI=1S/C21H25F2N5O3S/c1-21(2)8-28-20(31-9-21)18(32(24,25)30)17(27-28)19(29)26-16-12-5-3-4-11(12)15(23)13-6-10(22)7-14(13)16/h10H,3-9H2,1-2H3,(H,26,29)(H3,24,25,30)/t10-/m1/s1. The number of fused-ring (bicyclic) bond motifs is 3. The number of nitrogens with zero attached hydrogens (tertiary/aromatic N) is 2. The number of anilines is 1. The van der Waals surface area contributed by atoms with Crippen LogP contribution < -0.4 is 15.2 Å². The van der Waals surface area contributed by atoms with Crippen LogP contribution in [0.2, 0.25) is 0 Å². The van der Waals surface area contributed by atoms with Crippen molar-refractivity contribution in [1.29, 1.82) is 4.78 Å². The predicted molar refractivity (Wildman–Crippen MR) is 114 cm³/mol. The summed E-state index contributed by atoms with van der Waals surface area (Å²) in [4.78, 5) is 13.1. The average Bonchev–Trinajstić information content (AvgIpc) is 3.39. The molecule has 2 heterocycles. The Balaban J connectivity index is 1.60. The summed E-state index contributed by atoms with van der Waals surface area (Å²) in [6.07, 6.45) is 0.637. The van der Waals surface area contributed by atoms with Gasteiger partial charge in [0.2, 0.25) is 5.88 Å². The Bertz CT molecular complexity index is 1270. The number of rotatable bonds is 3. The van der Waals surface area contributed by atoms with Gasteiger partial charge < -0.3 is 10.1 Å². The molecule has 0 bridgehead atoms. The minimum absolute atomic E-state index is 0.0189. The lowest BCUT2D eigenvalue weighted by Crippen LogP contribution is -2.33. The van der Waals surface area contributed by atoms with Gasteiger partial charge in [-0.3, -0.25) is 4.79 Å². The zero-order chi connectivity index (χ0) is 23.0. The van der Waals surface area contributed by atoms with Gasteiger partial charge in [-0.1, -0.05) is 13.8 Å². The Hall–Kier alpha value is -2.53. The first-order valence-electron chi connectivity index (χ1n) is 10.6. The summed E-state index contributed by atoms with van der Waals surface area (Å²) in [5, 5.41) is 12.7. The van der Waals surface area contributed by atoms with E-state index in [2.05, 4.69) is 10.4 Å². The lowest BCUT2D eigenvalue weighted by Gasteiger charge is -2.30. The third-order valence-corrected chi connectivity index (χ3v) is 7.34. The number of nitrogens with one attached hydrogen (secondary N) is 2. The van der Waals surface area contributed by atoms with Crippen molar-refractivity contribution in [3.8, 4) is 5.88 Å². The first kappa shape index (κ1) is 21.3. The molecule has 1 aromatic carbocycles. The maximum absolute atomic E-state index is 14.9. The summed E-state index contributed by atoms with van der Waals surface area (Å²) in [7, 11) is -3.83. The van der Waals surface area contributed by atoms with E-state index in [0.29, 0.717) is 53.9 Å². The fraction of sp³-hybridized carbons (Fsp3) is 0.524. The van der Waals surface area contributed by atoms with Crippen LogP contribution >= 0.6 is 0 Å². The fourth-order valence-electron chi connectivity index (χ4n) is 5.00. The van der Waals surface area contributed by atoms with Crippen molar-refractivity contribution in [3.05, 3.63) is 33.8 Å². The molecule has 1 amide bonds. The monoisotopic (exact) mass is 465 g/mol. The van der Waals surface area contributed by atoms with Crippen molar-refractivity contribution >= 4 is 21.5 Å². The normalized spacial score (nSPS) is 22.5. The van der Waals surface area contributed by atoms with E-state index in [1.807, 2.05) is 13.8 Å². The Morgan fingerprint density at radius 1 is 1.28 bits per heavy atom. The molecule has 3 aliphatic rings. The number of hydrogen-bond acceptors (Lipinski definition) is 5. The molecular formula is C21H25F2N5O3S. The van der Waals surface area contributed by atoms with Gasteiger partial charge in [-0.15, -0.1) is 0 Å². The minimum atomic E-state index is -3.83. The molecule has 8 nitrogen and oxygen atoms in total. The van der Waals surface area contributed by atoms with Crippen LogP contribution in [0.25, 0.3) is 0 Å². The number of carbonyl (C=O) groups is 1. The lowest BCUT2D eigenvalue weighted by atomic mass is 9.94. The number of halogens is 2.